The average Bonchev–Trinajstić information content (AvgIpc) is 2.53. The van der Waals surface area contributed by atoms with Gasteiger partial charge in [0.1, 0.15) is 6.10 Å². The largest absolute Gasteiger partial charge is 0.375 e. The van der Waals surface area contributed by atoms with Crippen LogP contribution in [0.2, 0.25) is 0 Å². The minimum absolute atomic E-state index is 0.0302. The predicted molar refractivity (Wildman–Crippen MR) is 83.5 cm³/mol. The molecule has 0 bridgehead atoms. The molecule has 0 saturated heterocycles. The van der Waals surface area contributed by atoms with Crippen LogP contribution < -0.4 is 5.32 Å². The number of hydrogen-bond acceptors (Lipinski definition) is 2. The van der Waals surface area contributed by atoms with E-state index in [9.17, 15) is 0 Å². The Kier molecular flexibility index (Phi) is 5.54. The molecule has 2 atom stereocenters. The van der Waals surface area contributed by atoms with Crippen LogP contribution in [0.1, 0.15) is 17.2 Å². The fourth-order valence-electron chi connectivity index (χ4n) is 2.28. The van der Waals surface area contributed by atoms with Gasteiger partial charge in [-0.3, -0.25) is 0 Å². The molecule has 0 aromatic heterocycles. The maximum atomic E-state index is 5.64. The van der Waals surface area contributed by atoms with Gasteiger partial charge in [0, 0.05) is 13.7 Å². The maximum Gasteiger partial charge on any atom is 0.101 e. The van der Waals surface area contributed by atoms with E-state index in [2.05, 4.69) is 36.2 Å². The van der Waals surface area contributed by atoms with E-state index in [4.69, 9.17) is 4.74 Å². The number of nitrogens with one attached hydrogen (secondary N) is 1. The van der Waals surface area contributed by atoms with Crippen LogP contribution in [0.3, 0.4) is 0 Å². The van der Waals surface area contributed by atoms with Crippen LogP contribution in [0, 0.1) is 0 Å². The zero-order valence-corrected chi connectivity index (χ0v) is 11.8. The Bertz CT molecular complexity index is 509. The van der Waals surface area contributed by atoms with Crippen molar-refractivity contribution in [3.63, 3.8) is 0 Å². The lowest BCUT2D eigenvalue weighted by Crippen LogP contribution is -2.33. The summed E-state index contributed by atoms with van der Waals surface area (Å²) in [5.74, 6) is 0. The van der Waals surface area contributed by atoms with Crippen LogP contribution in [0.15, 0.2) is 73.3 Å². The van der Waals surface area contributed by atoms with Gasteiger partial charge in [-0.05, 0) is 11.1 Å². The van der Waals surface area contributed by atoms with E-state index in [1.807, 2.05) is 42.5 Å². The van der Waals surface area contributed by atoms with Gasteiger partial charge in [0.05, 0.1) is 6.04 Å². The molecule has 0 unspecified atom stereocenters. The maximum absolute atomic E-state index is 5.64. The summed E-state index contributed by atoms with van der Waals surface area (Å²) < 4.78 is 5.64. The Balaban J connectivity index is 2.04. The van der Waals surface area contributed by atoms with E-state index >= 15 is 0 Å². The molecular weight excluding hydrogens is 246 g/mol. The highest BCUT2D eigenvalue weighted by Crippen LogP contribution is 2.21. The molecule has 2 heteroatoms. The standard InChI is InChI=1S/C18H21NO/c1-3-17(19-14-15-10-6-4-7-11-15)18(20-2)16-12-8-5-9-13-16/h3-13,17-19H,1,14H2,2H3/t17-,18+/m0/s1. The first-order chi connectivity index (χ1) is 9.85. The Labute approximate surface area is 121 Å². The van der Waals surface area contributed by atoms with Crippen molar-refractivity contribution in [1.82, 2.24) is 5.32 Å². The zero-order chi connectivity index (χ0) is 14.2. The number of methoxy groups -OCH3 is 1. The molecule has 0 amide bonds. The summed E-state index contributed by atoms with van der Waals surface area (Å²) in [4.78, 5) is 0. The normalized spacial score (nSPS) is 13.7. The zero-order valence-electron chi connectivity index (χ0n) is 11.8. The number of benzene rings is 2. The van der Waals surface area contributed by atoms with Crippen LogP contribution >= 0.6 is 0 Å². The molecule has 104 valence electrons. The average molecular weight is 267 g/mol. The van der Waals surface area contributed by atoms with Crippen molar-refractivity contribution < 1.29 is 4.74 Å². The second kappa shape index (κ2) is 7.63. The highest BCUT2D eigenvalue weighted by molar-refractivity contribution is 5.21. The highest BCUT2D eigenvalue weighted by atomic mass is 16.5. The number of ether oxygens (including phenoxy) is 1. The van der Waals surface area contributed by atoms with Gasteiger partial charge < -0.3 is 10.1 Å². The fourth-order valence-corrected chi connectivity index (χ4v) is 2.28. The minimum atomic E-state index is -0.0302. The predicted octanol–water partition coefficient (Wildman–Crippen LogP) is 3.72. The fraction of sp³-hybridized carbons (Fsp3) is 0.222. The summed E-state index contributed by atoms with van der Waals surface area (Å²) in [7, 11) is 1.73. The number of hydrogen-bond donors (Lipinski definition) is 1. The molecular formula is C18H21NO. The lowest BCUT2D eigenvalue weighted by molar-refractivity contribution is 0.0814. The van der Waals surface area contributed by atoms with Gasteiger partial charge in [-0.25, -0.2) is 0 Å². The van der Waals surface area contributed by atoms with E-state index in [1.165, 1.54) is 5.56 Å². The molecule has 0 heterocycles. The lowest BCUT2D eigenvalue weighted by Gasteiger charge is -2.25. The SMILES string of the molecule is C=C[C@H](NCc1ccccc1)[C@H](OC)c1ccccc1. The van der Waals surface area contributed by atoms with Crippen LogP contribution in [-0.2, 0) is 11.3 Å². The van der Waals surface area contributed by atoms with E-state index < -0.39 is 0 Å². The second-order valence-corrected chi connectivity index (χ2v) is 4.69. The third-order valence-electron chi connectivity index (χ3n) is 3.35. The van der Waals surface area contributed by atoms with Crippen LogP contribution in [-0.4, -0.2) is 13.2 Å². The molecule has 0 fully saturated rings. The smallest absolute Gasteiger partial charge is 0.101 e. The second-order valence-electron chi connectivity index (χ2n) is 4.69. The third kappa shape index (κ3) is 3.80. The molecule has 1 N–H and O–H groups in total. The summed E-state index contributed by atoms with van der Waals surface area (Å²) in [5.41, 5.74) is 2.41. The molecule has 20 heavy (non-hydrogen) atoms. The molecule has 0 aliphatic heterocycles. The van der Waals surface area contributed by atoms with E-state index in [0.717, 1.165) is 12.1 Å². The van der Waals surface area contributed by atoms with Crippen molar-refractivity contribution in [2.45, 2.75) is 18.7 Å². The Hall–Kier alpha value is -1.90. The molecule has 2 rings (SSSR count). The summed E-state index contributed by atoms with van der Waals surface area (Å²) in [6, 6.07) is 20.6. The lowest BCUT2D eigenvalue weighted by atomic mass is 10.0. The Morgan fingerprint density at radius 3 is 2.20 bits per heavy atom. The molecule has 2 aromatic rings. The highest BCUT2D eigenvalue weighted by Gasteiger charge is 2.19. The van der Waals surface area contributed by atoms with Crippen LogP contribution in [0.4, 0.5) is 0 Å². The molecule has 2 nitrogen and oxygen atoms in total. The van der Waals surface area contributed by atoms with Crippen molar-refractivity contribution in [2.24, 2.45) is 0 Å². The molecule has 2 aromatic carbocycles. The third-order valence-corrected chi connectivity index (χ3v) is 3.35. The van der Waals surface area contributed by atoms with E-state index in [0.29, 0.717) is 0 Å². The van der Waals surface area contributed by atoms with Gasteiger partial charge in [-0.2, -0.15) is 0 Å². The Morgan fingerprint density at radius 2 is 1.65 bits per heavy atom. The first kappa shape index (κ1) is 14.5. The van der Waals surface area contributed by atoms with Crippen molar-refractivity contribution in [1.29, 1.82) is 0 Å². The van der Waals surface area contributed by atoms with Crippen molar-refractivity contribution >= 4 is 0 Å². The van der Waals surface area contributed by atoms with Gasteiger partial charge in [-0.1, -0.05) is 66.7 Å². The summed E-state index contributed by atoms with van der Waals surface area (Å²) in [6.45, 7) is 4.72. The van der Waals surface area contributed by atoms with Crippen molar-refractivity contribution in [2.75, 3.05) is 7.11 Å². The molecule has 0 aliphatic carbocycles. The summed E-state index contributed by atoms with van der Waals surface area (Å²) >= 11 is 0. The van der Waals surface area contributed by atoms with Gasteiger partial charge >= 0.3 is 0 Å². The van der Waals surface area contributed by atoms with Crippen molar-refractivity contribution in [3.05, 3.63) is 84.4 Å². The first-order valence-electron chi connectivity index (χ1n) is 6.82. The van der Waals surface area contributed by atoms with Gasteiger partial charge in [0.15, 0.2) is 0 Å². The molecule has 0 radical (unpaired) electrons. The monoisotopic (exact) mass is 267 g/mol. The van der Waals surface area contributed by atoms with Gasteiger partial charge in [-0.15, -0.1) is 6.58 Å². The Morgan fingerprint density at radius 1 is 1.05 bits per heavy atom. The summed E-state index contributed by atoms with van der Waals surface area (Å²) in [6.07, 6.45) is 1.88. The molecule has 0 aliphatic rings. The van der Waals surface area contributed by atoms with Crippen LogP contribution in [0.5, 0.6) is 0 Å². The van der Waals surface area contributed by atoms with Crippen molar-refractivity contribution in [3.8, 4) is 0 Å². The van der Waals surface area contributed by atoms with Gasteiger partial charge in [0.2, 0.25) is 0 Å². The quantitative estimate of drug-likeness (QED) is 0.772. The molecule has 0 saturated carbocycles. The number of rotatable bonds is 7. The minimum Gasteiger partial charge on any atom is -0.375 e. The molecule has 0 spiro atoms. The van der Waals surface area contributed by atoms with E-state index in [1.54, 1.807) is 7.11 Å². The first-order valence-corrected chi connectivity index (χ1v) is 6.82. The van der Waals surface area contributed by atoms with Crippen LogP contribution in [0.25, 0.3) is 0 Å². The van der Waals surface area contributed by atoms with Gasteiger partial charge in [0.25, 0.3) is 0 Å². The summed E-state index contributed by atoms with van der Waals surface area (Å²) in [5, 5.41) is 3.49. The van der Waals surface area contributed by atoms with E-state index in [-0.39, 0.29) is 12.1 Å². The topological polar surface area (TPSA) is 21.3 Å².